The molecule has 1 aliphatic rings. The molecule has 0 spiro atoms. The van der Waals surface area contributed by atoms with Gasteiger partial charge in [-0.1, -0.05) is 5.92 Å². The number of likely N-dealkylation sites (tertiary alicyclic amines) is 1. The predicted molar refractivity (Wildman–Crippen MR) is 105 cm³/mol. The van der Waals surface area contributed by atoms with E-state index in [-0.39, 0.29) is 5.91 Å². The normalized spacial score (nSPS) is 16.5. The molecule has 28 heavy (non-hydrogen) atoms. The van der Waals surface area contributed by atoms with Crippen molar-refractivity contribution >= 4 is 5.91 Å². The van der Waals surface area contributed by atoms with Crippen LogP contribution in [0.15, 0.2) is 24.3 Å². The molecule has 7 heteroatoms. The lowest BCUT2D eigenvalue weighted by atomic mass is 9.98. The Hall–Kier alpha value is -2.98. The van der Waals surface area contributed by atoms with Crippen molar-refractivity contribution in [2.45, 2.75) is 12.8 Å². The number of amides is 1. The van der Waals surface area contributed by atoms with Crippen LogP contribution in [0.25, 0.3) is 11.3 Å². The summed E-state index contributed by atoms with van der Waals surface area (Å²) < 4.78 is 16.1. The van der Waals surface area contributed by atoms with Crippen LogP contribution in [0.3, 0.4) is 0 Å². The van der Waals surface area contributed by atoms with Crippen LogP contribution < -0.4 is 9.47 Å². The van der Waals surface area contributed by atoms with Gasteiger partial charge in [-0.3, -0.25) is 9.89 Å². The van der Waals surface area contributed by atoms with E-state index in [1.165, 1.54) is 0 Å². The van der Waals surface area contributed by atoms with E-state index in [1.807, 2.05) is 23.1 Å². The third kappa shape index (κ3) is 4.46. The van der Waals surface area contributed by atoms with Crippen molar-refractivity contribution in [2.75, 3.05) is 40.5 Å². The minimum atomic E-state index is -0.0673. The van der Waals surface area contributed by atoms with Crippen molar-refractivity contribution in [3.05, 3.63) is 30.0 Å². The average molecular weight is 383 g/mol. The van der Waals surface area contributed by atoms with Gasteiger partial charge < -0.3 is 19.1 Å². The number of rotatable bonds is 7. The van der Waals surface area contributed by atoms with Gasteiger partial charge in [-0.2, -0.15) is 5.10 Å². The fraction of sp³-hybridized carbons (Fsp3) is 0.429. The van der Waals surface area contributed by atoms with Gasteiger partial charge in [0.2, 0.25) is 0 Å². The zero-order chi connectivity index (χ0) is 19.9. The molecule has 1 aliphatic heterocycles. The summed E-state index contributed by atoms with van der Waals surface area (Å²) in [7, 11) is 3.20. The van der Waals surface area contributed by atoms with Gasteiger partial charge in [-0.15, -0.1) is 6.42 Å². The highest BCUT2D eigenvalue weighted by molar-refractivity contribution is 5.93. The van der Waals surface area contributed by atoms with Crippen molar-refractivity contribution in [1.82, 2.24) is 15.1 Å². The number of nitrogens with one attached hydrogen (secondary N) is 1. The Morgan fingerprint density at radius 3 is 2.96 bits per heavy atom. The number of carbonyl (C=O) groups excluding carboxylic acids is 1. The van der Waals surface area contributed by atoms with Gasteiger partial charge in [0.25, 0.3) is 5.91 Å². The number of ether oxygens (including phenoxy) is 3. The van der Waals surface area contributed by atoms with Crippen LogP contribution in [-0.4, -0.2) is 61.5 Å². The van der Waals surface area contributed by atoms with Gasteiger partial charge in [-0.05, 0) is 37.1 Å². The summed E-state index contributed by atoms with van der Waals surface area (Å²) in [6.45, 7) is 2.25. The Labute approximate surface area is 165 Å². The molecule has 3 rings (SSSR count). The molecular formula is C21H25N3O4. The first kappa shape index (κ1) is 19.8. The number of nitrogens with zero attached hydrogens (tertiary/aromatic N) is 2. The van der Waals surface area contributed by atoms with E-state index in [9.17, 15) is 4.79 Å². The smallest absolute Gasteiger partial charge is 0.271 e. The summed E-state index contributed by atoms with van der Waals surface area (Å²) in [6.07, 6.45) is 7.19. The SMILES string of the molecule is C#CCOCC1CCCN(C(=O)c2cc(-c3cc(OC)ccc3OC)n[nH]2)C1. The molecule has 1 saturated heterocycles. The summed E-state index contributed by atoms with van der Waals surface area (Å²) in [5.74, 6) is 4.05. The number of hydrogen-bond donors (Lipinski definition) is 1. The van der Waals surface area contributed by atoms with Crippen LogP contribution in [0.4, 0.5) is 0 Å². The van der Waals surface area contributed by atoms with Gasteiger partial charge in [0.1, 0.15) is 23.8 Å². The summed E-state index contributed by atoms with van der Waals surface area (Å²) in [4.78, 5) is 14.8. The molecule has 1 N–H and O–H groups in total. The lowest BCUT2D eigenvalue weighted by molar-refractivity contribution is 0.0529. The molecule has 1 aromatic carbocycles. The largest absolute Gasteiger partial charge is 0.497 e. The summed E-state index contributed by atoms with van der Waals surface area (Å²) in [6, 6.07) is 7.22. The lowest BCUT2D eigenvalue weighted by Crippen LogP contribution is -2.41. The van der Waals surface area contributed by atoms with Crippen molar-refractivity contribution in [3.8, 4) is 35.1 Å². The minimum absolute atomic E-state index is 0.0673. The highest BCUT2D eigenvalue weighted by Gasteiger charge is 2.26. The second kappa shape index (κ2) is 9.29. The highest BCUT2D eigenvalue weighted by Crippen LogP contribution is 2.32. The maximum absolute atomic E-state index is 12.9. The molecule has 1 unspecified atom stereocenters. The predicted octanol–water partition coefficient (Wildman–Crippen LogP) is 2.60. The number of aromatic nitrogens is 2. The summed E-state index contributed by atoms with van der Waals surface area (Å²) in [5.41, 5.74) is 1.84. The van der Waals surface area contributed by atoms with Gasteiger partial charge in [0, 0.05) is 24.6 Å². The van der Waals surface area contributed by atoms with Gasteiger partial charge >= 0.3 is 0 Å². The van der Waals surface area contributed by atoms with E-state index < -0.39 is 0 Å². The Morgan fingerprint density at radius 1 is 1.36 bits per heavy atom. The monoisotopic (exact) mass is 383 g/mol. The molecule has 1 atom stereocenters. The van der Waals surface area contributed by atoms with Crippen LogP contribution in [0, 0.1) is 18.3 Å². The Kier molecular flexibility index (Phi) is 6.56. The third-order valence-electron chi connectivity index (χ3n) is 4.84. The maximum atomic E-state index is 12.9. The first-order valence-corrected chi connectivity index (χ1v) is 9.24. The topological polar surface area (TPSA) is 76.7 Å². The van der Waals surface area contributed by atoms with Crippen LogP contribution in [-0.2, 0) is 4.74 Å². The molecule has 2 heterocycles. The number of piperidine rings is 1. The molecule has 2 aromatic rings. The van der Waals surface area contributed by atoms with E-state index in [2.05, 4.69) is 16.1 Å². The molecule has 7 nitrogen and oxygen atoms in total. The van der Waals surface area contributed by atoms with E-state index in [0.29, 0.717) is 48.6 Å². The molecule has 0 radical (unpaired) electrons. The fourth-order valence-electron chi connectivity index (χ4n) is 3.42. The van der Waals surface area contributed by atoms with Gasteiger partial charge in [0.15, 0.2) is 0 Å². The molecular weight excluding hydrogens is 358 g/mol. The molecule has 1 amide bonds. The third-order valence-corrected chi connectivity index (χ3v) is 4.84. The summed E-state index contributed by atoms with van der Waals surface area (Å²) in [5, 5.41) is 7.17. The van der Waals surface area contributed by atoms with Crippen molar-refractivity contribution in [3.63, 3.8) is 0 Å². The Balaban J connectivity index is 1.73. The molecule has 0 bridgehead atoms. The van der Waals surface area contributed by atoms with E-state index >= 15 is 0 Å². The molecule has 0 aliphatic carbocycles. The first-order valence-electron chi connectivity index (χ1n) is 9.24. The number of methoxy groups -OCH3 is 2. The number of aromatic amines is 1. The van der Waals surface area contributed by atoms with Crippen LogP contribution >= 0.6 is 0 Å². The lowest BCUT2D eigenvalue weighted by Gasteiger charge is -2.32. The molecule has 1 fully saturated rings. The quantitative estimate of drug-likeness (QED) is 0.587. The van der Waals surface area contributed by atoms with Crippen molar-refractivity contribution in [1.29, 1.82) is 0 Å². The average Bonchev–Trinajstić information content (AvgIpc) is 3.23. The minimum Gasteiger partial charge on any atom is -0.497 e. The second-order valence-corrected chi connectivity index (χ2v) is 6.71. The van der Waals surface area contributed by atoms with E-state index in [0.717, 1.165) is 24.9 Å². The van der Waals surface area contributed by atoms with Crippen molar-refractivity contribution < 1.29 is 19.0 Å². The van der Waals surface area contributed by atoms with Gasteiger partial charge in [0.05, 0.1) is 26.5 Å². The number of terminal acetylenes is 1. The maximum Gasteiger partial charge on any atom is 0.271 e. The number of carbonyl (C=O) groups is 1. The molecule has 0 saturated carbocycles. The Bertz CT molecular complexity index is 856. The Morgan fingerprint density at radius 2 is 2.21 bits per heavy atom. The standard InChI is InChI=1S/C21H25N3O4/c1-4-10-28-14-15-6-5-9-24(13-15)21(25)19-12-18(22-23-19)17-11-16(26-2)7-8-20(17)27-3/h1,7-8,11-12,15H,5-6,9-10,13-14H2,2-3H3,(H,22,23). The summed E-state index contributed by atoms with van der Waals surface area (Å²) >= 11 is 0. The fourth-order valence-corrected chi connectivity index (χ4v) is 3.42. The van der Waals surface area contributed by atoms with E-state index in [4.69, 9.17) is 20.6 Å². The first-order chi connectivity index (χ1) is 13.7. The van der Waals surface area contributed by atoms with Crippen LogP contribution in [0.1, 0.15) is 23.3 Å². The van der Waals surface area contributed by atoms with Crippen molar-refractivity contribution in [2.24, 2.45) is 5.92 Å². The molecule has 1 aromatic heterocycles. The van der Waals surface area contributed by atoms with E-state index in [1.54, 1.807) is 20.3 Å². The zero-order valence-corrected chi connectivity index (χ0v) is 16.2. The number of hydrogen-bond acceptors (Lipinski definition) is 5. The molecule has 148 valence electrons. The number of benzene rings is 1. The highest BCUT2D eigenvalue weighted by atomic mass is 16.5. The van der Waals surface area contributed by atoms with Crippen LogP contribution in [0.5, 0.6) is 11.5 Å². The second-order valence-electron chi connectivity index (χ2n) is 6.71. The van der Waals surface area contributed by atoms with Crippen LogP contribution in [0.2, 0.25) is 0 Å². The number of H-pyrrole nitrogens is 1. The van der Waals surface area contributed by atoms with Gasteiger partial charge in [-0.25, -0.2) is 0 Å². The zero-order valence-electron chi connectivity index (χ0n) is 16.2.